The Morgan fingerprint density at radius 1 is 1.13 bits per heavy atom. The smallest absolute Gasteiger partial charge is 0.241 e. The van der Waals surface area contributed by atoms with Crippen molar-refractivity contribution >= 4 is 22.0 Å². The zero-order chi connectivity index (χ0) is 27.8. The number of carbonyl (C=O) groups is 1. The molecule has 1 atom stereocenters. The normalized spacial score (nSPS) is 20.9. The van der Waals surface area contributed by atoms with Gasteiger partial charge in [0.05, 0.1) is 31.7 Å². The maximum Gasteiger partial charge on any atom is 0.241 e. The van der Waals surface area contributed by atoms with Gasteiger partial charge in [-0.3, -0.25) is 9.48 Å². The van der Waals surface area contributed by atoms with Crippen LogP contribution in [0.5, 0.6) is 0 Å². The van der Waals surface area contributed by atoms with E-state index in [1.807, 2.05) is 38.1 Å². The average molecular weight is 560 g/mol. The molecule has 0 bridgehead atoms. The Balaban J connectivity index is 1.47. The van der Waals surface area contributed by atoms with Gasteiger partial charge in [0, 0.05) is 26.1 Å². The molecule has 3 heterocycles. The van der Waals surface area contributed by atoms with Gasteiger partial charge in [-0.15, -0.1) is 5.10 Å². The summed E-state index contributed by atoms with van der Waals surface area (Å²) in [6, 6.07) is 7.10. The van der Waals surface area contributed by atoms with Gasteiger partial charge >= 0.3 is 0 Å². The molecule has 39 heavy (non-hydrogen) atoms. The molecule has 1 aromatic heterocycles. The highest BCUT2D eigenvalue weighted by atomic mass is 32.2. The summed E-state index contributed by atoms with van der Waals surface area (Å²) in [5, 5.41) is 8.41. The molecule has 1 unspecified atom stereocenters. The van der Waals surface area contributed by atoms with E-state index in [9.17, 15) is 13.2 Å². The molecule has 0 radical (unpaired) electrons. The maximum atomic E-state index is 13.8. The average Bonchev–Trinajstić information content (AvgIpc) is 3.58. The highest BCUT2D eigenvalue weighted by molar-refractivity contribution is 7.89. The fraction of sp³-hybridized carbons (Fsp3) is 0.607. The second-order valence-corrected chi connectivity index (χ2v) is 12.7. The number of ether oxygens (including phenoxy) is 2. The number of aryl methyl sites for hydroxylation is 1. The first-order valence-corrected chi connectivity index (χ1v) is 15.5. The lowest BCUT2D eigenvalue weighted by atomic mass is 10.0. The Morgan fingerprint density at radius 3 is 2.56 bits per heavy atom. The first-order valence-electron chi connectivity index (χ1n) is 13.9. The van der Waals surface area contributed by atoms with Gasteiger partial charge in [0.15, 0.2) is 6.29 Å². The van der Waals surface area contributed by atoms with Crippen LogP contribution in [0.2, 0.25) is 0 Å². The van der Waals surface area contributed by atoms with Crippen LogP contribution in [0, 0.1) is 5.92 Å². The van der Waals surface area contributed by atoms with Crippen molar-refractivity contribution in [3.05, 3.63) is 53.4 Å². The lowest BCUT2D eigenvalue weighted by Gasteiger charge is -2.30. The van der Waals surface area contributed by atoms with Gasteiger partial charge in [-0.05, 0) is 29.9 Å². The third-order valence-electron chi connectivity index (χ3n) is 6.92. The van der Waals surface area contributed by atoms with Crippen LogP contribution in [0.4, 0.5) is 0 Å². The number of rotatable bonds is 12. The van der Waals surface area contributed by atoms with Crippen LogP contribution in [0.15, 0.2) is 36.5 Å². The van der Waals surface area contributed by atoms with E-state index in [0.29, 0.717) is 38.3 Å². The van der Waals surface area contributed by atoms with Crippen molar-refractivity contribution in [2.75, 3.05) is 25.5 Å². The largest absolute Gasteiger partial charge is 0.350 e. The van der Waals surface area contributed by atoms with E-state index in [0.717, 1.165) is 24.0 Å². The van der Waals surface area contributed by atoms with Crippen LogP contribution >= 0.6 is 0 Å². The number of carbonyl (C=O) groups excluding carboxylic acids is 1. The molecule has 214 valence electrons. The van der Waals surface area contributed by atoms with Crippen molar-refractivity contribution in [2.45, 2.75) is 78.4 Å². The summed E-state index contributed by atoms with van der Waals surface area (Å²) >= 11 is 0. The lowest BCUT2D eigenvalue weighted by molar-refractivity contribution is -0.136. The number of benzene rings is 1. The second kappa shape index (κ2) is 13.6. The van der Waals surface area contributed by atoms with E-state index in [1.54, 1.807) is 15.8 Å². The van der Waals surface area contributed by atoms with Gasteiger partial charge in [-0.2, -0.15) is 4.31 Å². The Morgan fingerprint density at radius 2 is 1.87 bits per heavy atom. The van der Waals surface area contributed by atoms with Crippen LogP contribution in [0.3, 0.4) is 0 Å². The third-order valence-corrected chi connectivity index (χ3v) is 8.72. The Bertz CT molecular complexity index is 1210. The van der Waals surface area contributed by atoms with E-state index < -0.39 is 16.1 Å². The molecule has 2 aromatic rings. The summed E-state index contributed by atoms with van der Waals surface area (Å²) in [5.74, 6) is -0.176. The molecule has 11 heteroatoms. The molecule has 1 amide bonds. The number of amides is 1. The van der Waals surface area contributed by atoms with Crippen molar-refractivity contribution < 1.29 is 22.7 Å². The lowest BCUT2D eigenvalue weighted by Crippen LogP contribution is -2.47. The van der Waals surface area contributed by atoms with E-state index in [-0.39, 0.29) is 43.5 Å². The van der Waals surface area contributed by atoms with E-state index in [4.69, 9.17) is 9.47 Å². The topological polar surface area (TPSA) is 107 Å². The molecule has 2 aliphatic heterocycles. The van der Waals surface area contributed by atoms with Crippen LogP contribution in [-0.2, 0) is 43.9 Å². The highest BCUT2D eigenvalue weighted by Crippen LogP contribution is 2.25. The first kappa shape index (κ1) is 29.4. The summed E-state index contributed by atoms with van der Waals surface area (Å²) in [4.78, 5) is 15.4. The van der Waals surface area contributed by atoms with Crippen molar-refractivity contribution in [2.24, 2.45) is 5.92 Å². The van der Waals surface area contributed by atoms with E-state index in [1.165, 1.54) is 4.31 Å². The third kappa shape index (κ3) is 8.20. The van der Waals surface area contributed by atoms with Crippen LogP contribution in [0.1, 0.15) is 63.3 Å². The molecule has 2 saturated heterocycles. The van der Waals surface area contributed by atoms with Gasteiger partial charge in [0.25, 0.3) is 0 Å². The van der Waals surface area contributed by atoms with Crippen LogP contribution in [-0.4, -0.2) is 76.4 Å². The Hall–Kier alpha value is -2.60. The van der Waals surface area contributed by atoms with Gasteiger partial charge in [-0.1, -0.05) is 68.8 Å². The minimum atomic E-state index is -3.66. The highest BCUT2D eigenvalue weighted by Gasteiger charge is 2.41. The SMILES string of the molecule is CCC/C=C/c1ccc(CN2C(CC(C)C)C(=O)N(Cc3cn(CCC4OCCO4)nn3)CCS2(=O)=O)cc1. The van der Waals surface area contributed by atoms with Crippen LogP contribution in [0.25, 0.3) is 6.08 Å². The number of hydrogen-bond donors (Lipinski definition) is 0. The molecule has 0 aliphatic carbocycles. The first-order chi connectivity index (χ1) is 18.7. The summed E-state index contributed by atoms with van der Waals surface area (Å²) in [5.41, 5.74) is 2.56. The van der Waals surface area contributed by atoms with Crippen molar-refractivity contribution in [1.82, 2.24) is 24.2 Å². The van der Waals surface area contributed by atoms with Crippen molar-refractivity contribution in [3.8, 4) is 0 Å². The predicted molar refractivity (Wildman–Crippen MR) is 149 cm³/mol. The van der Waals surface area contributed by atoms with Gasteiger partial charge in [0.2, 0.25) is 15.9 Å². The van der Waals surface area contributed by atoms with Crippen molar-refractivity contribution in [3.63, 3.8) is 0 Å². The summed E-state index contributed by atoms with van der Waals surface area (Å²) in [6.07, 6.45) is 8.99. The molecular formula is C28H41N5O5S. The molecule has 1 aromatic carbocycles. The predicted octanol–water partition coefficient (Wildman–Crippen LogP) is 3.44. The fourth-order valence-electron chi connectivity index (χ4n) is 4.84. The number of hydrogen-bond acceptors (Lipinski definition) is 7. The van der Waals surface area contributed by atoms with E-state index >= 15 is 0 Å². The monoisotopic (exact) mass is 559 g/mol. The zero-order valence-electron chi connectivity index (χ0n) is 23.2. The number of aromatic nitrogens is 3. The zero-order valence-corrected chi connectivity index (χ0v) is 24.1. The fourth-order valence-corrected chi connectivity index (χ4v) is 6.43. The van der Waals surface area contributed by atoms with Gasteiger partial charge in [0.1, 0.15) is 11.7 Å². The molecule has 2 aliphatic rings. The Kier molecular flexibility index (Phi) is 10.3. The minimum absolute atomic E-state index is 0.115. The molecule has 10 nitrogen and oxygen atoms in total. The second-order valence-electron chi connectivity index (χ2n) is 10.6. The Labute approximate surface area is 232 Å². The maximum absolute atomic E-state index is 13.8. The standard InChI is InChI=1S/C28H41N5O5S/c1-4-5-6-7-23-8-10-24(11-9-23)19-33-26(18-22(2)3)28(34)31(14-17-39(33,35)36)20-25-21-32(30-29-25)13-12-27-37-15-16-38-27/h6-11,21-22,26-27H,4-5,12-20H2,1-3H3/b7-6+. The molecular weight excluding hydrogens is 518 g/mol. The van der Waals surface area contributed by atoms with Gasteiger partial charge in [-0.25, -0.2) is 8.42 Å². The number of nitrogens with zero attached hydrogens (tertiary/aromatic N) is 5. The van der Waals surface area contributed by atoms with Gasteiger partial charge < -0.3 is 14.4 Å². The summed E-state index contributed by atoms with van der Waals surface area (Å²) in [7, 11) is -3.66. The number of unbranched alkanes of at least 4 members (excludes halogenated alkanes) is 1. The molecule has 4 rings (SSSR count). The molecule has 0 N–H and O–H groups in total. The quantitative estimate of drug-likeness (QED) is 0.392. The minimum Gasteiger partial charge on any atom is -0.350 e. The summed E-state index contributed by atoms with van der Waals surface area (Å²) < 4.78 is 41.0. The summed E-state index contributed by atoms with van der Waals surface area (Å²) in [6.45, 7) is 8.43. The number of allylic oxidation sites excluding steroid dienone is 1. The molecule has 2 fully saturated rings. The molecule has 0 saturated carbocycles. The van der Waals surface area contributed by atoms with Crippen molar-refractivity contribution in [1.29, 1.82) is 0 Å². The molecule has 0 spiro atoms. The van der Waals surface area contributed by atoms with E-state index in [2.05, 4.69) is 29.4 Å². The number of sulfonamides is 1. The van der Waals surface area contributed by atoms with Crippen LogP contribution < -0.4 is 0 Å².